The van der Waals surface area contributed by atoms with Gasteiger partial charge in [-0.3, -0.25) is 9.59 Å². The highest BCUT2D eigenvalue weighted by atomic mass is 16.2. The normalized spacial score (nSPS) is 20.3. The van der Waals surface area contributed by atoms with Crippen molar-refractivity contribution in [2.75, 3.05) is 0 Å². The molecule has 0 radical (unpaired) electrons. The van der Waals surface area contributed by atoms with Crippen molar-refractivity contribution in [2.24, 2.45) is 0 Å². The quantitative estimate of drug-likeness (QED) is 0.836. The smallest absolute Gasteiger partial charge is 0.245 e. The van der Waals surface area contributed by atoms with Crippen molar-refractivity contribution < 1.29 is 9.59 Å². The molecule has 2 unspecified atom stereocenters. The second kappa shape index (κ2) is 5.79. The lowest BCUT2D eigenvalue weighted by molar-refractivity contribution is -0.136. The lowest BCUT2D eigenvalue weighted by atomic mass is 9.91. The molecule has 0 bridgehead atoms. The number of hydrogen-bond donors (Lipinski definition) is 2. The van der Waals surface area contributed by atoms with E-state index < -0.39 is 6.04 Å². The number of benzene rings is 2. The molecule has 0 spiro atoms. The molecule has 2 N–H and O–H groups in total. The highest BCUT2D eigenvalue weighted by Crippen LogP contribution is 2.24. The summed E-state index contributed by atoms with van der Waals surface area (Å²) in [6.07, 6.45) is 0.284. The summed E-state index contributed by atoms with van der Waals surface area (Å²) in [5.74, 6) is -0.271. The van der Waals surface area contributed by atoms with Crippen molar-refractivity contribution in [3.8, 4) is 0 Å². The summed E-state index contributed by atoms with van der Waals surface area (Å²) in [5.41, 5.74) is 1.94. The van der Waals surface area contributed by atoms with E-state index in [-0.39, 0.29) is 24.3 Å². The molecule has 3 rings (SSSR count). The molecule has 2 aromatic rings. The summed E-state index contributed by atoms with van der Waals surface area (Å²) >= 11 is 0. The zero-order valence-corrected chi connectivity index (χ0v) is 11.5. The van der Waals surface area contributed by atoms with Crippen molar-refractivity contribution in [3.63, 3.8) is 0 Å². The molecule has 2 atom stereocenters. The summed E-state index contributed by atoms with van der Waals surface area (Å²) in [6.45, 7) is 0. The van der Waals surface area contributed by atoms with E-state index in [1.54, 1.807) is 0 Å². The number of carbonyl (C=O) groups excluding carboxylic acids is 2. The van der Waals surface area contributed by atoms with Gasteiger partial charge in [-0.25, -0.2) is 0 Å². The van der Waals surface area contributed by atoms with E-state index >= 15 is 0 Å². The first kappa shape index (κ1) is 13.4. The minimum absolute atomic E-state index is 0.134. The predicted molar refractivity (Wildman–Crippen MR) is 79.4 cm³/mol. The number of amides is 2. The number of carbonyl (C=O) groups is 2. The minimum Gasteiger partial charge on any atom is -0.345 e. The lowest BCUT2D eigenvalue weighted by Gasteiger charge is -2.37. The van der Waals surface area contributed by atoms with Crippen LogP contribution in [0.3, 0.4) is 0 Å². The van der Waals surface area contributed by atoms with Gasteiger partial charge in [0.25, 0.3) is 0 Å². The van der Waals surface area contributed by atoms with Gasteiger partial charge in [0.2, 0.25) is 11.8 Å². The summed E-state index contributed by atoms with van der Waals surface area (Å²) in [7, 11) is 0. The van der Waals surface area contributed by atoms with Crippen LogP contribution >= 0.6 is 0 Å². The van der Waals surface area contributed by atoms with Gasteiger partial charge in [-0.05, 0) is 11.1 Å². The topological polar surface area (TPSA) is 58.2 Å². The Morgan fingerprint density at radius 3 is 2.24 bits per heavy atom. The number of β-lactam (4-membered cyclic amide) rings is 1. The third-order valence-corrected chi connectivity index (χ3v) is 3.60. The van der Waals surface area contributed by atoms with Crippen molar-refractivity contribution in [2.45, 2.75) is 18.5 Å². The van der Waals surface area contributed by atoms with Crippen molar-refractivity contribution in [1.82, 2.24) is 10.6 Å². The van der Waals surface area contributed by atoms with Crippen LogP contribution in [0.4, 0.5) is 0 Å². The van der Waals surface area contributed by atoms with E-state index in [2.05, 4.69) is 10.6 Å². The first-order chi connectivity index (χ1) is 10.2. The molecular formula is C17H16N2O2. The van der Waals surface area contributed by atoms with Crippen LogP contribution in [-0.4, -0.2) is 17.9 Å². The Morgan fingerprint density at radius 1 is 1.00 bits per heavy atom. The molecule has 0 aromatic heterocycles. The molecule has 1 heterocycles. The van der Waals surface area contributed by atoms with Gasteiger partial charge in [0, 0.05) is 0 Å². The summed E-state index contributed by atoms with van der Waals surface area (Å²) in [4.78, 5) is 23.7. The van der Waals surface area contributed by atoms with Crippen LogP contribution in [0.5, 0.6) is 0 Å². The van der Waals surface area contributed by atoms with Crippen LogP contribution in [0, 0.1) is 0 Å². The Bertz CT molecular complexity index is 640. The molecule has 1 fully saturated rings. The maximum Gasteiger partial charge on any atom is 0.245 e. The molecule has 4 nitrogen and oxygen atoms in total. The number of nitrogens with one attached hydrogen (secondary N) is 2. The van der Waals surface area contributed by atoms with Crippen molar-refractivity contribution in [3.05, 3.63) is 71.8 Å². The molecule has 106 valence electrons. The molecule has 2 aromatic carbocycles. The second-order valence-electron chi connectivity index (χ2n) is 5.10. The molecule has 1 aliphatic rings. The van der Waals surface area contributed by atoms with E-state index in [1.165, 1.54) is 0 Å². The van der Waals surface area contributed by atoms with Crippen LogP contribution < -0.4 is 10.6 Å². The zero-order chi connectivity index (χ0) is 14.7. The van der Waals surface area contributed by atoms with Crippen LogP contribution in [0.15, 0.2) is 60.7 Å². The third kappa shape index (κ3) is 2.94. The van der Waals surface area contributed by atoms with Gasteiger partial charge >= 0.3 is 0 Å². The van der Waals surface area contributed by atoms with E-state index in [4.69, 9.17) is 0 Å². The molecule has 0 saturated carbocycles. The first-order valence-corrected chi connectivity index (χ1v) is 6.92. The summed E-state index contributed by atoms with van der Waals surface area (Å²) < 4.78 is 0. The highest BCUT2D eigenvalue weighted by molar-refractivity contribution is 5.94. The van der Waals surface area contributed by atoms with Crippen LogP contribution in [0.2, 0.25) is 0 Å². The first-order valence-electron chi connectivity index (χ1n) is 6.92. The molecule has 1 aliphatic heterocycles. The Morgan fingerprint density at radius 2 is 1.62 bits per heavy atom. The van der Waals surface area contributed by atoms with E-state index in [0.717, 1.165) is 11.1 Å². The van der Waals surface area contributed by atoms with Gasteiger partial charge in [-0.1, -0.05) is 60.7 Å². The average molecular weight is 280 g/mol. The maximum absolute atomic E-state index is 12.0. The SMILES string of the molecule is O=C(Cc1ccccc1)NC1C(=O)NC1c1ccccc1. The van der Waals surface area contributed by atoms with Gasteiger partial charge in [0.15, 0.2) is 0 Å². The van der Waals surface area contributed by atoms with Crippen LogP contribution in [0.1, 0.15) is 17.2 Å². The second-order valence-corrected chi connectivity index (χ2v) is 5.10. The standard InChI is InChI=1S/C17H16N2O2/c20-14(11-12-7-3-1-4-8-12)18-16-15(19-17(16)21)13-9-5-2-6-10-13/h1-10,15-16H,11H2,(H,18,20)(H,19,21). The average Bonchev–Trinajstić information content (AvgIpc) is 2.52. The van der Waals surface area contributed by atoms with Crippen molar-refractivity contribution >= 4 is 11.8 Å². The summed E-state index contributed by atoms with van der Waals surface area (Å²) in [6, 6.07) is 18.5. The fourth-order valence-corrected chi connectivity index (χ4v) is 2.47. The lowest BCUT2D eigenvalue weighted by Crippen LogP contribution is -2.63. The Labute approximate surface area is 123 Å². The van der Waals surface area contributed by atoms with E-state index in [0.29, 0.717) is 0 Å². The fraction of sp³-hybridized carbons (Fsp3) is 0.176. The van der Waals surface area contributed by atoms with Gasteiger partial charge in [0.1, 0.15) is 6.04 Å². The molecule has 4 heteroatoms. The van der Waals surface area contributed by atoms with Crippen molar-refractivity contribution in [1.29, 1.82) is 0 Å². The van der Waals surface area contributed by atoms with Gasteiger partial charge < -0.3 is 10.6 Å². The van der Waals surface area contributed by atoms with E-state index in [1.807, 2.05) is 60.7 Å². The van der Waals surface area contributed by atoms with Gasteiger partial charge in [-0.15, -0.1) is 0 Å². The largest absolute Gasteiger partial charge is 0.345 e. The maximum atomic E-state index is 12.0. The van der Waals surface area contributed by atoms with Crippen LogP contribution in [0.25, 0.3) is 0 Å². The highest BCUT2D eigenvalue weighted by Gasteiger charge is 2.41. The Balaban J connectivity index is 1.63. The monoisotopic (exact) mass is 280 g/mol. The molecule has 2 amide bonds. The molecule has 0 aliphatic carbocycles. The Kier molecular flexibility index (Phi) is 3.69. The third-order valence-electron chi connectivity index (χ3n) is 3.60. The molecular weight excluding hydrogens is 264 g/mol. The molecule has 21 heavy (non-hydrogen) atoms. The van der Waals surface area contributed by atoms with Crippen LogP contribution in [-0.2, 0) is 16.0 Å². The van der Waals surface area contributed by atoms with Gasteiger partial charge in [0.05, 0.1) is 12.5 Å². The Hall–Kier alpha value is -2.62. The molecule has 1 saturated heterocycles. The number of rotatable bonds is 4. The zero-order valence-electron chi connectivity index (χ0n) is 11.5. The minimum atomic E-state index is -0.483. The number of hydrogen-bond acceptors (Lipinski definition) is 2. The van der Waals surface area contributed by atoms with Gasteiger partial charge in [-0.2, -0.15) is 0 Å². The fourth-order valence-electron chi connectivity index (χ4n) is 2.47. The summed E-state index contributed by atoms with van der Waals surface area (Å²) in [5, 5.41) is 5.64. The predicted octanol–water partition coefficient (Wildman–Crippen LogP) is 1.58. The van der Waals surface area contributed by atoms with E-state index in [9.17, 15) is 9.59 Å².